The van der Waals surface area contributed by atoms with Crippen LogP contribution in [0.4, 0.5) is 0 Å². The predicted molar refractivity (Wildman–Crippen MR) is 125 cm³/mol. The second-order valence-corrected chi connectivity index (χ2v) is 7.66. The number of ether oxygens (including phenoxy) is 3. The van der Waals surface area contributed by atoms with Gasteiger partial charge >= 0.3 is 0 Å². The highest BCUT2D eigenvalue weighted by Gasteiger charge is 2.18. The number of aromatic nitrogens is 1. The monoisotopic (exact) mass is 454 g/mol. The minimum Gasteiger partial charge on any atom is -0.493 e. The van der Waals surface area contributed by atoms with Gasteiger partial charge in [-0.25, -0.2) is 0 Å². The van der Waals surface area contributed by atoms with Gasteiger partial charge in [0.15, 0.2) is 11.5 Å². The third-order valence-electron chi connectivity index (χ3n) is 4.80. The zero-order chi connectivity index (χ0) is 22.9. The molecule has 3 rings (SSSR count). The highest BCUT2D eigenvalue weighted by molar-refractivity contribution is 6.32. The topological polar surface area (TPSA) is 69.7 Å². The van der Waals surface area contributed by atoms with E-state index in [1.54, 1.807) is 24.5 Å². The van der Waals surface area contributed by atoms with Crippen LogP contribution < -0.4 is 19.5 Å². The maximum Gasteiger partial charge on any atom is 0.251 e. The summed E-state index contributed by atoms with van der Waals surface area (Å²) in [6, 6.07) is 14.5. The molecular weight excluding hydrogens is 428 g/mol. The van der Waals surface area contributed by atoms with Crippen molar-refractivity contribution in [2.45, 2.75) is 32.9 Å². The van der Waals surface area contributed by atoms with Crippen molar-refractivity contribution in [3.8, 4) is 17.2 Å². The average molecular weight is 455 g/mol. The molecule has 1 heterocycles. The third-order valence-corrected chi connectivity index (χ3v) is 5.08. The van der Waals surface area contributed by atoms with Crippen molar-refractivity contribution in [1.29, 1.82) is 0 Å². The second-order valence-electron chi connectivity index (χ2n) is 7.25. The quantitative estimate of drug-likeness (QED) is 0.431. The summed E-state index contributed by atoms with van der Waals surface area (Å²) < 4.78 is 16.8. The van der Waals surface area contributed by atoms with Crippen molar-refractivity contribution >= 4 is 17.5 Å². The van der Waals surface area contributed by atoms with Gasteiger partial charge in [0.25, 0.3) is 5.91 Å². The Kier molecular flexibility index (Phi) is 8.34. The molecule has 1 unspecified atom stereocenters. The molecular formula is C25H27ClN2O4. The van der Waals surface area contributed by atoms with Crippen molar-refractivity contribution in [1.82, 2.24) is 10.3 Å². The van der Waals surface area contributed by atoms with Crippen LogP contribution in [0.5, 0.6) is 17.2 Å². The first-order valence-corrected chi connectivity index (χ1v) is 10.8. The number of halogens is 1. The minimum atomic E-state index is -0.253. The van der Waals surface area contributed by atoms with Crippen LogP contribution in [0.15, 0.2) is 60.9 Å². The number of hydrogen-bond donors (Lipinski definition) is 1. The standard InChI is InChI=1S/C25H27ClN2O4/c1-4-12-31-24-22(26)13-20(14-23(24)30-3)25(29)28-17(2)19-7-9-21(10-8-19)32-16-18-6-5-11-27-15-18/h5-11,13-15,17H,4,12,16H2,1-3H3,(H,28,29). The predicted octanol–water partition coefficient (Wildman–Crippen LogP) is 5.60. The van der Waals surface area contributed by atoms with Crippen LogP contribution in [-0.4, -0.2) is 24.6 Å². The lowest BCUT2D eigenvalue weighted by molar-refractivity contribution is 0.0939. The molecule has 0 aliphatic heterocycles. The first-order chi connectivity index (χ1) is 15.5. The summed E-state index contributed by atoms with van der Waals surface area (Å²) in [4.78, 5) is 16.9. The molecule has 3 aromatic rings. The lowest BCUT2D eigenvalue weighted by atomic mass is 10.1. The Bertz CT molecular complexity index is 1030. The second kappa shape index (κ2) is 11.4. The highest BCUT2D eigenvalue weighted by Crippen LogP contribution is 2.36. The van der Waals surface area contributed by atoms with Crippen molar-refractivity contribution in [3.05, 3.63) is 82.6 Å². The summed E-state index contributed by atoms with van der Waals surface area (Å²) in [5, 5.41) is 3.33. The van der Waals surface area contributed by atoms with E-state index in [2.05, 4.69) is 10.3 Å². The number of nitrogens with zero attached hydrogens (tertiary/aromatic N) is 1. The van der Waals surface area contributed by atoms with Crippen LogP contribution in [-0.2, 0) is 6.61 Å². The fourth-order valence-electron chi connectivity index (χ4n) is 3.06. The maximum atomic E-state index is 12.8. The molecule has 1 atom stereocenters. The van der Waals surface area contributed by atoms with Crippen molar-refractivity contribution < 1.29 is 19.0 Å². The molecule has 1 amide bonds. The Balaban J connectivity index is 1.63. The molecule has 0 aliphatic rings. The van der Waals surface area contributed by atoms with E-state index in [1.165, 1.54) is 7.11 Å². The lowest BCUT2D eigenvalue weighted by Gasteiger charge is -2.17. The van der Waals surface area contributed by atoms with E-state index >= 15 is 0 Å². The number of hydrogen-bond acceptors (Lipinski definition) is 5. The van der Waals surface area contributed by atoms with E-state index in [4.69, 9.17) is 25.8 Å². The van der Waals surface area contributed by atoms with Crippen molar-refractivity contribution in [3.63, 3.8) is 0 Å². The van der Waals surface area contributed by atoms with E-state index in [1.807, 2.05) is 50.2 Å². The zero-order valence-electron chi connectivity index (χ0n) is 18.4. The van der Waals surface area contributed by atoms with Crippen LogP contribution >= 0.6 is 11.6 Å². The van der Waals surface area contributed by atoms with E-state index in [-0.39, 0.29) is 11.9 Å². The van der Waals surface area contributed by atoms with E-state index in [0.29, 0.717) is 35.3 Å². The molecule has 6 nitrogen and oxygen atoms in total. The van der Waals surface area contributed by atoms with Gasteiger partial charge in [0.1, 0.15) is 12.4 Å². The summed E-state index contributed by atoms with van der Waals surface area (Å²) in [5.74, 6) is 1.37. The first kappa shape index (κ1) is 23.4. The van der Waals surface area contributed by atoms with Crippen LogP contribution in [0, 0.1) is 0 Å². The molecule has 0 spiro atoms. The number of nitrogens with one attached hydrogen (secondary N) is 1. The molecule has 2 aromatic carbocycles. The minimum absolute atomic E-state index is 0.212. The highest BCUT2D eigenvalue weighted by atomic mass is 35.5. The lowest BCUT2D eigenvalue weighted by Crippen LogP contribution is -2.26. The number of carbonyl (C=O) groups is 1. The maximum absolute atomic E-state index is 12.8. The largest absolute Gasteiger partial charge is 0.493 e. The van der Waals surface area contributed by atoms with Gasteiger partial charge < -0.3 is 19.5 Å². The summed E-state index contributed by atoms with van der Waals surface area (Å²) in [6.07, 6.45) is 4.34. The number of amides is 1. The van der Waals surface area contributed by atoms with Gasteiger partial charge in [0.05, 0.1) is 24.8 Å². The van der Waals surface area contributed by atoms with E-state index < -0.39 is 0 Å². The molecule has 0 fully saturated rings. The fraction of sp³-hybridized carbons (Fsp3) is 0.280. The number of pyridine rings is 1. The molecule has 1 aromatic heterocycles. The fourth-order valence-corrected chi connectivity index (χ4v) is 3.33. The molecule has 7 heteroatoms. The number of methoxy groups -OCH3 is 1. The zero-order valence-corrected chi connectivity index (χ0v) is 19.2. The van der Waals surface area contributed by atoms with Crippen LogP contribution in [0.3, 0.4) is 0 Å². The Labute approximate surface area is 193 Å². The summed E-state index contributed by atoms with van der Waals surface area (Å²) in [7, 11) is 1.52. The summed E-state index contributed by atoms with van der Waals surface area (Å²) in [6.45, 7) is 4.88. The van der Waals surface area contributed by atoms with Gasteiger partial charge in [-0.3, -0.25) is 9.78 Å². The molecule has 0 radical (unpaired) electrons. The van der Waals surface area contributed by atoms with E-state index in [9.17, 15) is 4.79 Å². The Morgan fingerprint density at radius 2 is 1.94 bits per heavy atom. The normalized spacial score (nSPS) is 11.5. The van der Waals surface area contributed by atoms with Crippen LogP contribution in [0.2, 0.25) is 5.02 Å². The smallest absolute Gasteiger partial charge is 0.251 e. The third kappa shape index (κ3) is 6.14. The number of carbonyl (C=O) groups excluding carboxylic acids is 1. The van der Waals surface area contributed by atoms with Crippen LogP contribution in [0.25, 0.3) is 0 Å². The molecule has 0 bridgehead atoms. The molecule has 0 saturated heterocycles. The van der Waals surface area contributed by atoms with Gasteiger partial charge in [-0.1, -0.05) is 36.7 Å². The number of benzene rings is 2. The Hall–Kier alpha value is -3.25. The molecule has 168 valence electrons. The number of rotatable bonds is 10. The average Bonchev–Trinajstić information content (AvgIpc) is 2.82. The first-order valence-electron chi connectivity index (χ1n) is 10.4. The summed E-state index contributed by atoms with van der Waals surface area (Å²) >= 11 is 6.34. The van der Waals surface area contributed by atoms with Crippen molar-refractivity contribution in [2.75, 3.05) is 13.7 Å². The van der Waals surface area contributed by atoms with Gasteiger partial charge in [0.2, 0.25) is 0 Å². The Morgan fingerprint density at radius 1 is 1.16 bits per heavy atom. The Morgan fingerprint density at radius 3 is 2.59 bits per heavy atom. The molecule has 1 N–H and O–H groups in total. The van der Waals surface area contributed by atoms with E-state index in [0.717, 1.165) is 23.3 Å². The van der Waals surface area contributed by atoms with Gasteiger partial charge in [0, 0.05) is 23.5 Å². The SMILES string of the molecule is CCCOc1c(Cl)cc(C(=O)NC(C)c2ccc(OCc3cccnc3)cc2)cc1OC. The van der Waals surface area contributed by atoms with Gasteiger partial charge in [-0.15, -0.1) is 0 Å². The van der Waals surface area contributed by atoms with Gasteiger partial charge in [-0.05, 0) is 49.2 Å². The summed E-state index contributed by atoms with van der Waals surface area (Å²) in [5.41, 5.74) is 2.35. The molecule has 0 aliphatic carbocycles. The van der Waals surface area contributed by atoms with Crippen LogP contribution in [0.1, 0.15) is 47.8 Å². The van der Waals surface area contributed by atoms with Crippen molar-refractivity contribution in [2.24, 2.45) is 0 Å². The molecule has 32 heavy (non-hydrogen) atoms. The molecule has 0 saturated carbocycles. The van der Waals surface area contributed by atoms with Gasteiger partial charge in [-0.2, -0.15) is 0 Å².